The van der Waals surface area contributed by atoms with Crippen LogP contribution in [0.2, 0.25) is 5.02 Å². The van der Waals surface area contributed by atoms with Crippen LogP contribution in [0.4, 0.5) is 5.69 Å². The molecule has 0 aromatic heterocycles. The van der Waals surface area contributed by atoms with E-state index in [2.05, 4.69) is 0 Å². The summed E-state index contributed by atoms with van der Waals surface area (Å²) >= 11 is 6.10. The lowest BCUT2D eigenvalue weighted by molar-refractivity contribution is 0.0602. The molecule has 20 heavy (non-hydrogen) atoms. The number of hydrogen-bond donors (Lipinski definition) is 1. The fourth-order valence-corrected chi connectivity index (χ4v) is 2.13. The Morgan fingerprint density at radius 3 is 2.35 bits per heavy atom. The first-order valence-corrected chi connectivity index (χ1v) is 6.26. The van der Waals surface area contributed by atoms with Gasteiger partial charge >= 0.3 is 5.97 Å². The maximum absolute atomic E-state index is 11.6. The number of carbonyl (C=O) groups is 1. The Balaban J connectivity index is 2.48. The van der Waals surface area contributed by atoms with Gasteiger partial charge in [0, 0.05) is 5.69 Å². The Hall–Kier alpha value is -2.20. The first-order valence-electron chi connectivity index (χ1n) is 5.88. The quantitative estimate of drug-likeness (QED) is 0.695. The van der Waals surface area contributed by atoms with Crippen molar-refractivity contribution < 1.29 is 14.3 Å². The molecule has 4 nitrogen and oxygen atoms in total. The first kappa shape index (κ1) is 14.2. The maximum atomic E-state index is 11.6. The molecule has 2 rings (SSSR count). The van der Waals surface area contributed by atoms with Gasteiger partial charge in [-0.25, -0.2) is 4.79 Å². The molecule has 0 spiro atoms. The second-order valence-corrected chi connectivity index (χ2v) is 4.55. The van der Waals surface area contributed by atoms with Crippen LogP contribution in [0.5, 0.6) is 5.75 Å². The molecular weight excluding hydrogens is 278 g/mol. The van der Waals surface area contributed by atoms with Gasteiger partial charge in [-0.2, -0.15) is 0 Å². The van der Waals surface area contributed by atoms with E-state index in [0.29, 0.717) is 22.0 Å². The predicted octanol–water partition coefficient (Wildman–Crippen LogP) is 3.38. The lowest BCUT2D eigenvalue weighted by atomic mass is 10.0. The zero-order valence-electron chi connectivity index (χ0n) is 11.1. The van der Waals surface area contributed by atoms with E-state index in [9.17, 15) is 4.79 Å². The van der Waals surface area contributed by atoms with E-state index in [4.69, 9.17) is 26.8 Å². The molecule has 0 saturated carbocycles. The van der Waals surface area contributed by atoms with E-state index in [1.54, 1.807) is 31.4 Å². The fourth-order valence-electron chi connectivity index (χ4n) is 1.87. The Labute approximate surface area is 122 Å². The maximum Gasteiger partial charge on any atom is 0.339 e. The number of carbonyl (C=O) groups excluding carboxylic acids is 1. The molecule has 2 aromatic carbocycles. The van der Waals surface area contributed by atoms with Crippen LogP contribution in [0, 0.1) is 0 Å². The predicted molar refractivity (Wildman–Crippen MR) is 79.2 cm³/mol. The van der Waals surface area contributed by atoms with Gasteiger partial charge in [0.2, 0.25) is 0 Å². The molecule has 0 amide bonds. The second kappa shape index (κ2) is 5.84. The minimum atomic E-state index is -0.469. The van der Waals surface area contributed by atoms with Gasteiger partial charge in [0.25, 0.3) is 0 Å². The minimum absolute atomic E-state index is 0.331. The summed E-state index contributed by atoms with van der Waals surface area (Å²) in [6.45, 7) is 0. The third-order valence-corrected chi connectivity index (χ3v) is 3.24. The lowest BCUT2D eigenvalue weighted by Gasteiger charge is -2.09. The number of rotatable bonds is 3. The monoisotopic (exact) mass is 291 g/mol. The molecule has 0 aliphatic carbocycles. The van der Waals surface area contributed by atoms with Crippen LogP contribution in [-0.4, -0.2) is 20.2 Å². The van der Waals surface area contributed by atoms with Gasteiger partial charge < -0.3 is 15.2 Å². The number of esters is 1. The van der Waals surface area contributed by atoms with Crippen LogP contribution in [0.1, 0.15) is 10.4 Å². The third kappa shape index (κ3) is 2.70. The fraction of sp³-hybridized carbons (Fsp3) is 0.133. The van der Waals surface area contributed by atoms with E-state index in [0.717, 1.165) is 11.1 Å². The van der Waals surface area contributed by atoms with Crippen molar-refractivity contribution in [3.05, 3.63) is 47.0 Å². The summed E-state index contributed by atoms with van der Waals surface area (Å²) in [6.07, 6.45) is 0. The van der Waals surface area contributed by atoms with Crippen molar-refractivity contribution in [2.45, 2.75) is 0 Å². The van der Waals surface area contributed by atoms with Gasteiger partial charge in [-0.15, -0.1) is 0 Å². The Morgan fingerprint density at radius 1 is 1.10 bits per heavy atom. The Morgan fingerprint density at radius 2 is 1.75 bits per heavy atom. The summed E-state index contributed by atoms with van der Waals surface area (Å²) < 4.78 is 9.81. The van der Waals surface area contributed by atoms with E-state index < -0.39 is 5.97 Å². The Bertz CT molecular complexity index is 656. The largest absolute Gasteiger partial charge is 0.495 e. The number of methoxy groups -OCH3 is 2. The number of hydrogen-bond acceptors (Lipinski definition) is 4. The van der Waals surface area contributed by atoms with Crippen molar-refractivity contribution in [3.63, 3.8) is 0 Å². The van der Waals surface area contributed by atoms with Gasteiger partial charge in [-0.3, -0.25) is 0 Å². The zero-order chi connectivity index (χ0) is 14.7. The standard InChI is InChI=1S/C15H14ClNO3/c1-19-14-6-4-10(8-12(14)16)9-3-5-13(17)11(7-9)15(18)20-2/h3-8H,17H2,1-2H3. The molecule has 0 atom stereocenters. The third-order valence-electron chi connectivity index (χ3n) is 2.94. The topological polar surface area (TPSA) is 61.5 Å². The van der Waals surface area contributed by atoms with Gasteiger partial charge in [-0.1, -0.05) is 23.7 Å². The summed E-state index contributed by atoms with van der Waals surface area (Å²) in [6, 6.07) is 10.6. The molecule has 2 N–H and O–H groups in total. The molecule has 0 radical (unpaired) electrons. The summed E-state index contributed by atoms with van der Waals surface area (Å²) in [5.41, 5.74) is 8.16. The molecule has 5 heteroatoms. The van der Waals surface area contributed by atoms with Crippen molar-refractivity contribution >= 4 is 23.3 Å². The van der Waals surface area contributed by atoms with Crippen molar-refractivity contribution in [2.75, 3.05) is 20.0 Å². The SMILES string of the molecule is COC(=O)c1cc(-c2ccc(OC)c(Cl)c2)ccc1N. The van der Waals surface area contributed by atoms with Crippen LogP contribution >= 0.6 is 11.6 Å². The number of nitrogen functional groups attached to an aromatic ring is 1. The van der Waals surface area contributed by atoms with Gasteiger partial charge in [0.1, 0.15) is 5.75 Å². The highest BCUT2D eigenvalue weighted by atomic mass is 35.5. The number of halogens is 1. The van der Waals surface area contributed by atoms with Crippen molar-refractivity contribution in [1.29, 1.82) is 0 Å². The highest BCUT2D eigenvalue weighted by molar-refractivity contribution is 6.32. The van der Waals surface area contributed by atoms with Crippen LogP contribution in [-0.2, 0) is 4.74 Å². The van der Waals surface area contributed by atoms with Crippen molar-refractivity contribution in [1.82, 2.24) is 0 Å². The number of anilines is 1. The number of ether oxygens (including phenoxy) is 2. The summed E-state index contributed by atoms with van der Waals surface area (Å²) in [5, 5.41) is 0.501. The van der Waals surface area contributed by atoms with Crippen molar-refractivity contribution in [3.8, 4) is 16.9 Å². The molecule has 2 aromatic rings. The summed E-state index contributed by atoms with van der Waals surface area (Å²) in [4.78, 5) is 11.6. The normalized spacial score (nSPS) is 10.2. The molecule has 0 saturated heterocycles. The van der Waals surface area contributed by atoms with Crippen LogP contribution in [0.3, 0.4) is 0 Å². The van der Waals surface area contributed by atoms with Crippen LogP contribution in [0.25, 0.3) is 11.1 Å². The van der Waals surface area contributed by atoms with Gasteiger partial charge in [-0.05, 0) is 35.4 Å². The molecular formula is C15H14ClNO3. The van der Waals surface area contributed by atoms with E-state index in [1.165, 1.54) is 7.11 Å². The highest BCUT2D eigenvalue weighted by Crippen LogP contribution is 2.31. The average molecular weight is 292 g/mol. The zero-order valence-corrected chi connectivity index (χ0v) is 11.9. The van der Waals surface area contributed by atoms with Gasteiger partial charge in [0.05, 0.1) is 24.8 Å². The number of benzene rings is 2. The van der Waals surface area contributed by atoms with Gasteiger partial charge in [0.15, 0.2) is 0 Å². The van der Waals surface area contributed by atoms with E-state index in [1.807, 2.05) is 12.1 Å². The summed E-state index contributed by atoms with van der Waals surface area (Å²) in [5.74, 6) is 0.128. The van der Waals surface area contributed by atoms with E-state index in [-0.39, 0.29) is 0 Å². The molecule has 0 bridgehead atoms. The minimum Gasteiger partial charge on any atom is -0.495 e. The van der Waals surface area contributed by atoms with Crippen LogP contribution in [0.15, 0.2) is 36.4 Å². The summed E-state index contributed by atoms with van der Waals surface area (Å²) in [7, 11) is 2.87. The molecule has 0 aliphatic rings. The molecule has 0 fully saturated rings. The molecule has 104 valence electrons. The molecule has 0 heterocycles. The molecule has 0 aliphatic heterocycles. The van der Waals surface area contributed by atoms with Crippen molar-refractivity contribution in [2.24, 2.45) is 0 Å². The average Bonchev–Trinajstić information content (AvgIpc) is 2.47. The second-order valence-electron chi connectivity index (χ2n) is 4.14. The lowest BCUT2D eigenvalue weighted by Crippen LogP contribution is -2.05. The first-order chi connectivity index (χ1) is 9.56. The Kier molecular flexibility index (Phi) is 4.15. The number of nitrogens with two attached hydrogens (primary N) is 1. The molecule has 0 unspecified atom stereocenters. The highest BCUT2D eigenvalue weighted by Gasteiger charge is 2.12. The van der Waals surface area contributed by atoms with Crippen LogP contribution < -0.4 is 10.5 Å². The van der Waals surface area contributed by atoms with E-state index >= 15 is 0 Å². The smallest absolute Gasteiger partial charge is 0.339 e.